The van der Waals surface area contributed by atoms with E-state index in [1.807, 2.05) is 24.4 Å². The SMILES string of the molecule is Cc1csc2c(Nc3ccc4[nH]ncc4c3)ncnc12. The minimum Gasteiger partial charge on any atom is -0.339 e. The first-order chi connectivity index (χ1) is 9.81. The summed E-state index contributed by atoms with van der Waals surface area (Å²) in [7, 11) is 0. The number of aromatic amines is 1. The average molecular weight is 281 g/mol. The summed E-state index contributed by atoms with van der Waals surface area (Å²) in [4.78, 5) is 8.68. The Kier molecular flexibility index (Phi) is 2.43. The van der Waals surface area contributed by atoms with Crippen molar-refractivity contribution >= 4 is 44.0 Å². The number of nitrogens with zero attached hydrogens (tertiary/aromatic N) is 3. The quantitative estimate of drug-likeness (QED) is 0.589. The molecule has 0 saturated carbocycles. The van der Waals surface area contributed by atoms with Gasteiger partial charge in [-0.2, -0.15) is 5.10 Å². The molecule has 3 aromatic heterocycles. The van der Waals surface area contributed by atoms with E-state index in [2.05, 4.69) is 37.8 Å². The fourth-order valence-corrected chi connectivity index (χ4v) is 3.16. The zero-order chi connectivity index (χ0) is 13.5. The molecule has 0 aliphatic heterocycles. The molecule has 0 amide bonds. The molecule has 0 saturated heterocycles. The van der Waals surface area contributed by atoms with Crippen LogP contribution >= 0.6 is 11.3 Å². The first-order valence-corrected chi connectivity index (χ1v) is 7.08. The smallest absolute Gasteiger partial charge is 0.151 e. The number of hydrogen-bond acceptors (Lipinski definition) is 5. The molecule has 98 valence electrons. The van der Waals surface area contributed by atoms with Gasteiger partial charge in [0, 0.05) is 11.1 Å². The topological polar surface area (TPSA) is 66.5 Å². The third-order valence-electron chi connectivity index (χ3n) is 3.23. The lowest BCUT2D eigenvalue weighted by atomic mass is 10.2. The van der Waals surface area contributed by atoms with E-state index < -0.39 is 0 Å². The lowest BCUT2D eigenvalue weighted by Gasteiger charge is -2.06. The van der Waals surface area contributed by atoms with Crippen molar-refractivity contribution in [3.63, 3.8) is 0 Å². The van der Waals surface area contributed by atoms with Crippen molar-refractivity contribution in [3.8, 4) is 0 Å². The van der Waals surface area contributed by atoms with Crippen LogP contribution < -0.4 is 5.32 Å². The number of benzene rings is 1. The molecule has 0 unspecified atom stereocenters. The highest BCUT2D eigenvalue weighted by Crippen LogP contribution is 2.30. The molecule has 0 spiro atoms. The number of anilines is 2. The van der Waals surface area contributed by atoms with Crippen LogP contribution in [0.15, 0.2) is 36.1 Å². The van der Waals surface area contributed by atoms with Crippen molar-refractivity contribution in [1.29, 1.82) is 0 Å². The number of hydrogen-bond donors (Lipinski definition) is 2. The van der Waals surface area contributed by atoms with E-state index in [1.54, 1.807) is 17.7 Å². The second-order valence-electron chi connectivity index (χ2n) is 4.62. The maximum Gasteiger partial charge on any atom is 0.151 e. The maximum atomic E-state index is 4.35. The third kappa shape index (κ3) is 1.73. The summed E-state index contributed by atoms with van der Waals surface area (Å²) >= 11 is 1.66. The molecule has 0 aliphatic carbocycles. The number of H-pyrrole nitrogens is 1. The molecule has 0 fully saturated rings. The highest BCUT2D eigenvalue weighted by atomic mass is 32.1. The predicted molar refractivity (Wildman–Crippen MR) is 81.5 cm³/mol. The molecule has 3 heterocycles. The summed E-state index contributed by atoms with van der Waals surface area (Å²) < 4.78 is 1.08. The minimum atomic E-state index is 0.843. The highest BCUT2D eigenvalue weighted by Gasteiger charge is 2.08. The van der Waals surface area contributed by atoms with Crippen LogP contribution in [0.4, 0.5) is 11.5 Å². The number of rotatable bonds is 2. The largest absolute Gasteiger partial charge is 0.339 e. The number of aromatic nitrogens is 4. The standard InChI is InChI=1S/C14H11N5S/c1-8-6-20-13-12(8)15-7-16-14(13)18-10-2-3-11-9(4-10)5-17-19-11/h2-7H,1H3,(H,17,19)(H,15,16,18). The van der Waals surface area contributed by atoms with Crippen LogP contribution in [0.2, 0.25) is 0 Å². The predicted octanol–water partition coefficient (Wildman–Crippen LogP) is 3.62. The van der Waals surface area contributed by atoms with Crippen LogP contribution in [0, 0.1) is 6.92 Å². The monoisotopic (exact) mass is 281 g/mol. The zero-order valence-corrected chi connectivity index (χ0v) is 11.5. The molecule has 5 nitrogen and oxygen atoms in total. The van der Waals surface area contributed by atoms with E-state index >= 15 is 0 Å². The van der Waals surface area contributed by atoms with Crippen molar-refractivity contribution in [2.45, 2.75) is 6.92 Å². The first-order valence-electron chi connectivity index (χ1n) is 6.20. The summed E-state index contributed by atoms with van der Waals surface area (Å²) in [5, 5.41) is 13.5. The van der Waals surface area contributed by atoms with Gasteiger partial charge in [-0.15, -0.1) is 11.3 Å². The number of aryl methyl sites for hydroxylation is 1. The van der Waals surface area contributed by atoms with Crippen molar-refractivity contribution < 1.29 is 0 Å². The van der Waals surface area contributed by atoms with Crippen molar-refractivity contribution in [3.05, 3.63) is 41.7 Å². The molecule has 1 aromatic carbocycles. The van der Waals surface area contributed by atoms with Gasteiger partial charge in [-0.3, -0.25) is 5.10 Å². The summed E-state index contributed by atoms with van der Waals surface area (Å²) in [6.07, 6.45) is 3.41. The Bertz CT molecular complexity index is 908. The van der Waals surface area contributed by atoms with Gasteiger partial charge in [0.2, 0.25) is 0 Å². The fourth-order valence-electron chi connectivity index (χ4n) is 2.22. The van der Waals surface area contributed by atoms with Gasteiger partial charge in [0.1, 0.15) is 6.33 Å². The normalized spacial score (nSPS) is 11.2. The lowest BCUT2D eigenvalue weighted by Crippen LogP contribution is -1.94. The fraction of sp³-hybridized carbons (Fsp3) is 0.0714. The number of nitrogens with one attached hydrogen (secondary N) is 2. The molecular weight excluding hydrogens is 270 g/mol. The van der Waals surface area contributed by atoms with Gasteiger partial charge in [-0.25, -0.2) is 9.97 Å². The van der Waals surface area contributed by atoms with Gasteiger partial charge >= 0.3 is 0 Å². The van der Waals surface area contributed by atoms with Gasteiger partial charge in [-0.05, 0) is 36.1 Å². The van der Waals surface area contributed by atoms with Crippen LogP contribution in [-0.2, 0) is 0 Å². The second kappa shape index (κ2) is 4.28. The molecule has 0 aliphatic rings. The Morgan fingerprint density at radius 3 is 3.15 bits per heavy atom. The summed E-state index contributed by atoms with van der Waals surface area (Å²) in [6, 6.07) is 6.06. The minimum absolute atomic E-state index is 0.843. The number of fused-ring (bicyclic) bond motifs is 2. The molecule has 4 rings (SSSR count). The van der Waals surface area contributed by atoms with Gasteiger partial charge in [0.25, 0.3) is 0 Å². The van der Waals surface area contributed by atoms with Crippen molar-refractivity contribution in [2.24, 2.45) is 0 Å². The average Bonchev–Trinajstić information content (AvgIpc) is 3.06. The molecular formula is C14H11N5S. The summed E-state index contributed by atoms with van der Waals surface area (Å²) in [6.45, 7) is 2.06. The van der Waals surface area contributed by atoms with Crippen LogP contribution in [0.5, 0.6) is 0 Å². The lowest BCUT2D eigenvalue weighted by molar-refractivity contribution is 1.12. The van der Waals surface area contributed by atoms with Crippen LogP contribution in [-0.4, -0.2) is 20.2 Å². The van der Waals surface area contributed by atoms with E-state index in [-0.39, 0.29) is 0 Å². The summed E-state index contributed by atoms with van der Waals surface area (Å²) in [5.74, 6) is 0.843. The van der Waals surface area contributed by atoms with E-state index in [0.29, 0.717) is 0 Å². The molecule has 0 atom stereocenters. The van der Waals surface area contributed by atoms with E-state index in [9.17, 15) is 0 Å². The van der Waals surface area contributed by atoms with Crippen LogP contribution in [0.25, 0.3) is 21.1 Å². The van der Waals surface area contributed by atoms with Crippen molar-refractivity contribution in [2.75, 3.05) is 5.32 Å². The van der Waals surface area contributed by atoms with E-state index in [1.165, 1.54) is 5.56 Å². The molecule has 0 radical (unpaired) electrons. The van der Waals surface area contributed by atoms with Crippen LogP contribution in [0.1, 0.15) is 5.56 Å². The first kappa shape index (κ1) is 11.4. The van der Waals surface area contributed by atoms with Gasteiger partial charge < -0.3 is 5.32 Å². The molecule has 0 bridgehead atoms. The van der Waals surface area contributed by atoms with E-state index in [4.69, 9.17) is 0 Å². The summed E-state index contributed by atoms with van der Waals surface area (Å²) in [5.41, 5.74) is 4.21. The Morgan fingerprint density at radius 2 is 2.20 bits per heavy atom. The van der Waals surface area contributed by atoms with E-state index in [0.717, 1.165) is 32.6 Å². The molecule has 2 N–H and O–H groups in total. The van der Waals surface area contributed by atoms with Crippen molar-refractivity contribution in [1.82, 2.24) is 20.2 Å². The molecule has 6 heteroatoms. The molecule has 20 heavy (non-hydrogen) atoms. The second-order valence-corrected chi connectivity index (χ2v) is 5.50. The Hall–Kier alpha value is -2.47. The molecule has 4 aromatic rings. The zero-order valence-electron chi connectivity index (χ0n) is 10.7. The Morgan fingerprint density at radius 1 is 1.25 bits per heavy atom. The van der Waals surface area contributed by atoms with Gasteiger partial charge in [0.05, 0.1) is 21.9 Å². The maximum absolute atomic E-state index is 4.35. The van der Waals surface area contributed by atoms with Gasteiger partial charge in [-0.1, -0.05) is 0 Å². The highest BCUT2D eigenvalue weighted by molar-refractivity contribution is 7.18. The third-order valence-corrected chi connectivity index (χ3v) is 4.33. The van der Waals surface area contributed by atoms with Crippen LogP contribution in [0.3, 0.4) is 0 Å². The number of thiophene rings is 1. The Balaban J connectivity index is 1.79. The van der Waals surface area contributed by atoms with Gasteiger partial charge in [0.15, 0.2) is 5.82 Å². The Labute approximate surface area is 118 Å².